The second-order valence-electron chi connectivity index (χ2n) is 7.87. The van der Waals surface area contributed by atoms with Crippen molar-refractivity contribution in [3.8, 4) is 23.0 Å². The maximum absolute atomic E-state index is 10.1. The Morgan fingerprint density at radius 1 is 0.429 bits per heavy atom. The van der Waals surface area contributed by atoms with Crippen LogP contribution in [0.4, 0.5) is 0 Å². The van der Waals surface area contributed by atoms with Crippen LogP contribution < -0.4 is 9.47 Å². The molecule has 35 heavy (non-hydrogen) atoms. The van der Waals surface area contributed by atoms with E-state index >= 15 is 0 Å². The van der Waals surface area contributed by atoms with Crippen LogP contribution >= 0.6 is 0 Å². The summed E-state index contributed by atoms with van der Waals surface area (Å²) >= 11 is 0. The Bertz CT molecular complexity index is 1130. The van der Waals surface area contributed by atoms with E-state index in [1.54, 1.807) is 12.1 Å². The first kappa shape index (κ1) is 24.6. The quantitative estimate of drug-likeness (QED) is 0.249. The SMILES string of the molecule is Oc1cc2ccccc2cc1OCCOCCOCCOCCOc1cc2ccccc2cc1O. The van der Waals surface area contributed by atoms with Crippen LogP contribution in [-0.2, 0) is 14.2 Å². The molecule has 0 aliphatic carbocycles. The fraction of sp³-hybridized carbons (Fsp3) is 0.286. The highest BCUT2D eigenvalue weighted by atomic mass is 16.6. The van der Waals surface area contributed by atoms with E-state index in [2.05, 4.69) is 0 Å². The molecule has 0 spiro atoms. The maximum atomic E-state index is 10.1. The third-order valence-electron chi connectivity index (χ3n) is 5.37. The molecule has 4 rings (SSSR count). The maximum Gasteiger partial charge on any atom is 0.161 e. The molecule has 7 heteroatoms. The molecule has 4 aromatic rings. The zero-order valence-electron chi connectivity index (χ0n) is 19.5. The van der Waals surface area contributed by atoms with Gasteiger partial charge in [0, 0.05) is 0 Å². The van der Waals surface area contributed by atoms with Gasteiger partial charge in [0.2, 0.25) is 0 Å². The van der Waals surface area contributed by atoms with Gasteiger partial charge in [-0.1, -0.05) is 48.5 Å². The lowest BCUT2D eigenvalue weighted by Gasteiger charge is -2.11. The van der Waals surface area contributed by atoms with Gasteiger partial charge in [-0.3, -0.25) is 0 Å². The Morgan fingerprint density at radius 3 is 1.11 bits per heavy atom. The van der Waals surface area contributed by atoms with Gasteiger partial charge < -0.3 is 33.9 Å². The highest BCUT2D eigenvalue weighted by molar-refractivity contribution is 5.86. The van der Waals surface area contributed by atoms with Crippen molar-refractivity contribution in [2.45, 2.75) is 0 Å². The molecule has 0 fully saturated rings. The zero-order valence-corrected chi connectivity index (χ0v) is 19.5. The molecule has 0 amide bonds. The monoisotopic (exact) mass is 478 g/mol. The molecule has 4 aromatic carbocycles. The molecule has 0 heterocycles. The number of fused-ring (bicyclic) bond motifs is 2. The normalized spacial score (nSPS) is 11.2. The smallest absolute Gasteiger partial charge is 0.161 e. The third kappa shape index (κ3) is 7.23. The summed E-state index contributed by atoms with van der Waals surface area (Å²) in [7, 11) is 0. The molecule has 2 N–H and O–H groups in total. The fourth-order valence-electron chi connectivity index (χ4n) is 3.61. The second-order valence-corrected chi connectivity index (χ2v) is 7.87. The molecule has 0 saturated carbocycles. The lowest BCUT2D eigenvalue weighted by Crippen LogP contribution is -2.14. The molecular formula is C28H30O7. The Hall–Kier alpha value is -3.52. The van der Waals surface area contributed by atoms with Crippen LogP contribution in [0.25, 0.3) is 21.5 Å². The van der Waals surface area contributed by atoms with E-state index in [0.29, 0.717) is 64.4 Å². The molecular weight excluding hydrogens is 448 g/mol. The van der Waals surface area contributed by atoms with Gasteiger partial charge in [-0.2, -0.15) is 0 Å². The van der Waals surface area contributed by atoms with Gasteiger partial charge in [-0.25, -0.2) is 0 Å². The molecule has 0 saturated heterocycles. The van der Waals surface area contributed by atoms with E-state index in [-0.39, 0.29) is 11.5 Å². The summed E-state index contributed by atoms with van der Waals surface area (Å²) < 4.78 is 27.7. The lowest BCUT2D eigenvalue weighted by molar-refractivity contribution is 0.00481. The minimum atomic E-state index is 0.117. The van der Waals surface area contributed by atoms with E-state index in [0.717, 1.165) is 21.5 Å². The summed E-state index contributed by atoms with van der Waals surface area (Å²) in [6.07, 6.45) is 0. The standard InChI is InChI=1S/C28H30O7/c29-25-17-21-5-1-3-7-23(21)19-27(25)34-15-13-32-11-9-31-10-12-33-14-16-35-28-20-24-8-4-2-6-22(24)18-26(28)30/h1-8,17-20,29-30H,9-16H2. The summed E-state index contributed by atoms with van der Waals surface area (Å²) in [5, 5.41) is 24.1. The molecule has 0 unspecified atom stereocenters. The molecule has 0 aromatic heterocycles. The first-order valence-electron chi connectivity index (χ1n) is 11.6. The first-order valence-corrected chi connectivity index (χ1v) is 11.6. The summed E-state index contributed by atoms with van der Waals surface area (Å²) in [6, 6.07) is 22.6. The summed E-state index contributed by atoms with van der Waals surface area (Å²) in [5.41, 5.74) is 0. The summed E-state index contributed by atoms with van der Waals surface area (Å²) in [5.74, 6) is 1.12. The highest BCUT2D eigenvalue weighted by Gasteiger charge is 2.06. The van der Waals surface area contributed by atoms with Crippen molar-refractivity contribution in [3.05, 3.63) is 72.8 Å². The van der Waals surface area contributed by atoms with Gasteiger partial charge in [-0.05, 0) is 45.8 Å². The van der Waals surface area contributed by atoms with Crippen molar-refractivity contribution in [3.63, 3.8) is 0 Å². The van der Waals surface area contributed by atoms with E-state index in [9.17, 15) is 10.2 Å². The van der Waals surface area contributed by atoms with Crippen LogP contribution in [0.2, 0.25) is 0 Å². The van der Waals surface area contributed by atoms with Crippen LogP contribution in [-0.4, -0.2) is 63.1 Å². The largest absolute Gasteiger partial charge is 0.504 e. The van der Waals surface area contributed by atoms with Gasteiger partial charge in [0.25, 0.3) is 0 Å². The third-order valence-corrected chi connectivity index (χ3v) is 5.37. The zero-order chi connectivity index (χ0) is 24.3. The molecule has 0 aliphatic rings. The summed E-state index contributed by atoms with van der Waals surface area (Å²) in [6.45, 7) is 3.24. The van der Waals surface area contributed by atoms with Gasteiger partial charge in [0.15, 0.2) is 23.0 Å². The second kappa shape index (κ2) is 12.8. The van der Waals surface area contributed by atoms with Crippen molar-refractivity contribution in [2.24, 2.45) is 0 Å². The van der Waals surface area contributed by atoms with E-state index in [1.165, 1.54) is 0 Å². The fourth-order valence-corrected chi connectivity index (χ4v) is 3.61. The number of phenols is 2. The van der Waals surface area contributed by atoms with Crippen LogP contribution in [0.3, 0.4) is 0 Å². The van der Waals surface area contributed by atoms with Gasteiger partial charge in [0.05, 0.1) is 39.6 Å². The molecule has 0 radical (unpaired) electrons. The molecule has 0 bridgehead atoms. The lowest BCUT2D eigenvalue weighted by atomic mass is 10.1. The number of rotatable bonds is 14. The predicted octanol–water partition coefficient (Wildman–Crippen LogP) is 4.91. The predicted molar refractivity (Wildman–Crippen MR) is 135 cm³/mol. The molecule has 7 nitrogen and oxygen atoms in total. The minimum Gasteiger partial charge on any atom is -0.504 e. The van der Waals surface area contributed by atoms with Crippen molar-refractivity contribution < 1.29 is 33.9 Å². The van der Waals surface area contributed by atoms with Crippen LogP contribution in [0.1, 0.15) is 0 Å². The van der Waals surface area contributed by atoms with Crippen LogP contribution in [0.5, 0.6) is 23.0 Å². The minimum absolute atomic E-state index is 0.117. The van der Waals surface area contributed by atoms with Crippen molar-refractivity contribution >= 4 is 21.5 Å². The van der Waals surface area contributed by atoms with Crippen LogP contribution in [0.15, 0.2) is 72.8 Å². The van der Waals surface area contributed by atoms with E-state index in [1.807, 2.05) is 60.7 Å². The van der Waals surface area contributed by atoms with E-state index < -0.39 is 0 Å². The van der Waals surface area contributed by atoms with Gasteiger partial charge in [-0.15, -0.1) is 0 Å². The Balaban J connectivity index is 1.00. The number of hydrogen-bond donors (Lipinski definition) is 2. The number of aromatic hydroxyl groups is 2. The van der Waals surface area contributed by atoms with E-state index in [4.69, 9.17) is 23.7 Å². The summed E-state index contributed by atoms with van der Waals surface area (Å²) in [4.78, 5) is 0. The number of benzene rings is 4. The van der Waals surface area contributed by atoms with Crippen molar-refractivity contribution in [2.75, 3.05) is 52.9 Å². The number of phenolic OH excluding ortho intramolecular Hbond substituents is 2. The topological polar surface area (TPSA) is 86.6 Å². The average molecular weight is 479 g/mol. The Labute approximate surface area is 204 Å². The Kier molecular flexibility index (Phi) is 9.00. The van der Waals surface area contributed by atoms with Crippen molar-refractivity contribution in [1.82, 2.24) is 0 Å². The van der Waals surface area contributed by atoms with Crippen molar-refractivity contribution in [1.29, 1.82) is 0 Å². The first-order chi connectivity index (χ1) is 17.2. The van der Waals surface area contributed by atoms with Gasteiger partial charge >= 0.3 is 0 Å². The van der Waals surface area contributed by atoms with Crippen LogP contribution in [0, 0.1) is 0 Å². The number of ether oxygens (including phenoxy) is 5. The molecule has 0 atom stereocenters. The Morgan fingerprint density at radius 2 is 0.743 bits per heavy atom. The average Bonchev–Trinajstić information content (AvgIpc) is 2.87. The highest BCUT2D eigenvalue weighted by Crippen LogP contribution is 2.32. The molecule has 0 aliphatic heterocycles. The van der Waals surface area contributed by atoms with Gasteiger partial charge in [0.1, 0.15) is 13.2 Å². The number of hydrogen-bond acceptors (Lipinski definition) is 7. The molecule has 184 valence electrons.